The molecule has 10 heteroatoms. The standard InChI is InChI=1S/C36H38F3N5O2/c1-21(2)28-19-40-32-8-5-25(17-27(28)32)44-11-9-36(10-12-44)18-23(26-6-4-24(37)16-29(26)36)15-34(45)42-33(35-43-41-20-46-35)14-22-3-7-30(38)31(39)13-22/h3-8,13,16-17,20-21,23,28,33,40H,9-12,14-15,18-19H2,1-2H3,(H,42,45)/t23-,28?,33-/m1/s1. The minimum Gasteiger partial charge on any atom is -0.426 e. The van der Waals surface area contributed by atoms with E-state index >= 15 is 0 Å². The Morgan fingerprint density at radius 1 is 1.04 bits per heavy atom. The minimum absolute atomic E-state index is 0.0911. The Morgan fingerprint density at radius 3 is 2.61 bits per heavy atom. The van der Waals surface area contributed by atoms with Gasteiger partial charge in [0.15, 0.2) is 11.6 Å². The summed E-state index contributed by atoms with van der Waals surface area (Å²) in [6.07, 6.45) is 4.00. The second-order valence-electron chi connectivity index (χ2n) is 13.5. The van der Waals surface area contributed by atoms with Crippen molar-refractivity contribution in [3.8, 4) is 0 Å². The van der Waals surface area contributed by atoms with Crippen molar-refractivity contribution < 1.29 is 22.4 Å². The van der Waals surface area contributed by atoms with Gasteiger partial charge in [-0.25, -0.2) is 13.2 Å². The zero-order valence-corrected chi connectivity index (χ0v) is 26.0. The zero-order chi connectivity index (χ0) is 32.0. The van der Waals surface area contributed by atoms with Gasteiger partial charge in [-0.05, 0) is 101 Å². The fourth-order valence-corrected chi connectivity index (χ4v) is 7.94. The lowest BCUT2D eigenvalue weighted by Crippen LogP contribution is -2.42. The number of hydrogen-bond acceptors (Lipinski definition) is 6. The number of fused-ring (bicyclic) bond motifs is 3. The zero-order valence-electron chi connectivity index (χ0n) is 26.0. The molecule has 4 aromatic rings. The summed E-state index contributed by atoms with van der Waals surface area (Å²) in [4.78, 5) is 16.0. The van der Waals surface area contributed by atoms with Crippen molar-refractivity contribution in [3.63, 3.8) is 0 Å². The van der Waals surface area contributed by atoms with Gasteiger partial charge in [0.05, 0.1) is 0 Å². The molecule has 1 spiro atoms. The van der Waals surface area contributed by atoms with Crippen LogP contribution in [-0.4, -0.2) is 35.7 Å². The summed E-state index contributed by atoms with van der Waals surface area (Å²) in [5.74, 6) is -1.26. The van der Waals surface area contributed by atoms with Crippen LogP contribution in [0.2, 0.25) is 0 Å². The van der Waals surface area contributed by atoms with Crippen LogP contribution in [0.4, 0.5) is 24.5 Å². The largest absolute Gasteiger partial charge is 0.426 e. The molecule has 46 heavy (non-hydrogen) atoms. The van der Waals surface area contributed by atoms with Crippen LogP contribution in [0, 0.1) is 23.4 Å². The van der Waals surface area contributed by atoms with Crippen LogP contribution in [-0.2, 0) is 16.6 Å². The Bertz CT molecular complexity index is 1740. The molecule has 7 nitrogen and oxygen atoms in total. The second kappa shape index (κ2) is 12.1. The van der Waals surface area contributed by atoms with Gasteiger partial charge in [0, 0.05) is 49.8 Å². The maximum atomic E-state index is 14.7. The normalized spacial score (nSPS) is 20.4. The molecule has 1 amide bonds. The first-order valence-corrected chi connectivity index (χ1v) is 16.1. The van der Waals surface area contributed by atoms with Crippen LogP contribution in [0.5, 0.6) is 0 Å². The summed E-state index contributed by atoms with van der Waals surface area (Å²) in [6, 6.07) is 14.6. The smallest absolute Gasteiger partial charge is 0.238 e. The third-order valence-electron chi connectivity index (χ3n) is 10.4. The first kappa shape index (κ1) is 30.3. The average Bonchev–Trinajstić information content (AvgIpc) is 3.78. The molecule has 1 aromatic heterocycles. The van der Waals surface area contributed by atoms with E-state index in [2.05, 4.69) is 57.8 Å². The molecule has 0 radical (unpaired) electrons. The van der Waals surface area contributed by atoms with Crippen LogP contribution in [0.15, 0.2) is 65.4 Å². The third kappa shape index (κ3) is 5.74. The number of halogens is 3. The van der Waals surface area contributed by atoms with E-state index in [1.54, 1.807) is 6.07 Å². The third-order valence-corrected chi connectivity index (χ3v) is 10.4. The van der Waals surface area contributed by atoms with Crippen molar-refractivity contribution in [2.45, 2.75) is 69.2 Å². The number of amides is 1. The predicted molar refractivity (Wildman–Crippen MR) is 169 cm³/mol. The molecule has 0 saturated carbocycles. The molecular formula is C36H38F3N5O2. The van der Waals surface area contributed by atoms with E-state index < -0.39 is 17.7 Å². The Hall–Kier alpha value is -4.34. The molecule has 1 aliphatic carbocycles. The van der Waals surface area contributed by atoms with Crippen molar-refractivity contribution in [1.82, 2.24) is 15.5 Å². The van der Waals surface area contributed by atoms with Crippen molar-refractivity contribution in [2.75, 3.05) is 29.9 Å². The topological polar surface area (TPSA) is 83.3 Å². The Morgan fingerprint density at radius 2 is 1.87 bits per heavy atom. The fourth-order valence-electron chi connectivity index (χ4n) is 7.94. The van der Waals surface area contributed by atoms with E-state index in [0.717, 1.165) is 62.2 Å². The summed E-state index contributed by atoms with van der Waals surface area (Å²) in [5.41, 5.74) is 6.13. The van der Waals surface area contributed by atoms with E-state index in [1.807, 2.05) is 6.07 Å². The van der Waals surface area contributed by atoms with Crippen molar-refractivity contribution in [2.24, 2.45) is 5.92 Å². The quantitative estimate of drug-likeness (QED) is 0.215. The van der Waals surface area contributed by atoms with Gasteiger partial charge < -0.3 is 20.0 Å². The second-order valence-corrected chi connectivity index (χ2v) is 13.5. The molecule has 2 N–H and O–H groups in total. The molecular weight excluding hydrogens is 591 g/mol. The van der Waals surface area contributed by atoms with Crippen LogP contribution in [0.3, 0.4) is 0 Å². The molecule has 3 aromatic carbocycles. The van der Waals surface area contributed by atoms with Gasteiger partial charge >= 0.3 is 0 Å². The predicted octanol–water partition coefficient (Wildman–Crippen LogP) is 7.17. The lowest BCUT2D eigenvalue weighted by atomic mass is 9.73. The maximum Gasteiger partial charge on any atom is 0.238 e. The lowest BCUT2D eigenvalue weighted by molar-refractivity contribution is -0.122. The first-order chi connectivity index (χ1) is 22.2. The van der Waals surface area contributed by atoms with Gasteiger partial charge in [-0.1, -0.05) is 26.0 Å². The van der Waals surface area contributed by atoms with Gasteiger partial charge in [-0.2, -0.15) is 0 Å². The summed E-state index contributed by atoms with van der Waals surface area (Å²) < 4.78 is 47.5. The number of aromatic nitrogens is 2. The highest BCUT2D eigenvalue weighted by Gasteiger charge is 2.46. The molecule has 0 bridgehead atoms. The summed E-state index contributed by atoms with van der Waals surface area (Å²) >= 11 is 0. The highest BCUT2D eigenvalue weighted by Crippen LogP contribution is 2.53. The molecule has 240 valence electrons. The number of piperidine rings is 1. The average molecular weight is 630 g/mol. The number of nitrogens with zero attached hydrogens (tertiary/aromatic N) is 3. The minimum atomic E-state index is -0.966. The van der Waals surface area contributed by atoms with Gasteiger partial charge in [0.1, 0.15) is 11.9 Å². The van der Waals surface area contributed by atoms with Crippen LogP contribution >= 0.6 is 0 Å². The van der Waals surface area contributed by atoms with E-state index in [0.29, 0.717) is 17.4 Å². The molecule has 1 fully saturated rings. The molecule has 3 aliphatic rings. The van der Waals surface area contributed by atoms with E-state index in [1.165, 1.54) is 35.5 Å². The lowest BCUT2D eigenvalue weighted by Gasteiger charge is -2.41. The summed E-state index contributed by atoms with van der Waals surface area (Å²) in [7, 11) is 0. The fraction of sp³-hybridized carbons (Fsp3) is 0.417. The van der Waals surface area contributed by atoms with E-state index in [-0.39, 0.29) is 41.8 Å². The van der Waals surface area contributed by atoms with Crippen LogP contribution < -0.4 is 15.5 Å². The number of hydrogen-bond donors (Lipinski definition) is 2. The SMILES string of the molecule is CC(C)C1CNc2ccc(N3CCC4(CC3)C[C@@H](CC(=O)N[C@H](Cc3ccc(F)c(F)c3)c3nnco3)c3ccc(F)cc34)cc21. The number of nitrogens with one attached hydrogen (secondary N) is 2. The highest BCUT2D eigenvalue weighted by atomic mass is 19.2. The van der Waals surface area contributed by atoms with Gasteiger partial charge in [-0.3, -0.25) is 4.79 Å². The Labute approximate surface area is 266 Å². The number of benzene rings is 3. The van der Waals surface area contributed by atoms with Gasteiger partial charge in [0.25, 0.3) is 0 Å². The first-order valence-electron chi connectivity index (χ1n) is 16.1. The van der Waals surface area contributed by atoms with E-state index in [9.17, 15) is 18.0 Å². The number of carbonyl (C=O) groups excluding carboxylic acids is 1. The van der Waals surface area contributed by atoms with Gasteiger partial charge in [0.2, 0.25) is 18.2 Å². The number of carbonyl (C=O) groups is 1. The molecule has 7 rings (SSSR count). The molecule has 1 unspecified atom stereocenters. The monoisotopic (exact) mass is 629 g/mol. The van der Waals surface area contributed by atoms with Crippen molar-refractivity contribution in [1.29, 1.82) is 0 Å². The summed E-state index contributed by atoms with van der Waals surface area (Å²) in [6.45, 7) is 7.20. The van der Waals surface area contributed by atoms with Crippen molar-refractivity contribution in [3.05, 3.63) is 107 Å². The van der Waals surface area contributed by atoms with Crippen LogP contribution in [0.1, 0.15) is 85.6 Å². The van der Waals surface area contributed by atoms with Crippen molar-refractivity contribution >= 4 is 17.3 Å². The van der Waals surface area contributed by atoms with Gasteiger partial charge in [-0.15, -0.1) is 10.2 Å². The molecule has 3 atom stereocenters. The highest BCUT2D eigenvalue weighted by molar-refractivity contribution is 5.78. The molecule has 1 saturated heterocycles. The maximum absolute atomic E-state index is 14.7. The number of anilines is 2. The number of rotatable bonds is 8. The Kier molecular flexibility index (Phi) is 7.98. The Balaban J connectivity index is 1.06. The van der Waals surface area contributed by atoms with Crippen LogP contribution in [0.25, 0.3) is 0 Å². The van der Waals surface area contributed by atoms with E-state index in [4.69, 9.17) is 4.42 Å². The summed E-state index contributed by atoms with van der Waals surface area (Å²) in [5, 5.41) is 14.2. The molecule has 3 heterocycles. The molecule has 2 aliphatic heterocycles.